The van der Waals surface area contributed by atoms with Crippen molar-refractivity contribution in [1.82, 2.24) is 4.90 Å². The fourth-order valence-electron chi connectivity index (χ4n) is 3.61. The van der Waals surface area contributed by atoms with E-state index in [1.165, 1.54) is 0 Å². The Morgan fingerprint density at radius 2 is 1.57 bits per heavy atom. The summed E-state index contributed by atoms with van der Waals surface area (Å²) in [6, 6.07) is 16.8. The summed E-state index contributed by atoms with van der Waals surface area (Å²) < 4.78 is 6.26. The molecule has 0 bridgehead atoms. The minimum atomic E-state index is -0.132. The predicted molar refractivity (Wildman–Crippen MR) is 114 cm³/mol. The predicted octanol–water partition coefficient (Wildman–Crippen LogP) is 5.41. The Morgan fingerprint density at radius 1 is 0.929 bits per heavy atom. The van der Waals surface area contributed by atoms with E-state index < -0.39 is 0 Å². The number of nitrogen functional groups attached to an aromatic ring is 1. The molecule has 1 fully saturated rings. The summed E-state index contributed by atoms with van der Waals surface area (Å²) in [5.74, 6) is 0.690. The monoisotopic (exact) mass is 414 g/mol. The molecule has 0 radical (unpaired) electrons. The van der Waals surface area contributed by atoms with Crippen molar-refractivity contribution in [2.24, 2.45) is 0 Å². The Kier molecular flexibility index (Phi) is 5.33. The molecule has 0 aromatic heterocycles. The van der Waals surface area contributed by atoms with Crippen LogP contribution in [0.15, 0.2) is 54.6 Å². The molecule has 0 saturated carbocycles. The number of rotatable bonds is 3. The van der Waals surface area contributed by atoms with Gasteiger partial charge in [-0.2, -0.15) is 0 Å². The zero-order valence-electron chi connectivity index (χ0n) is 15.2. The van der Waals surface area contributed by atoms with Crippen LogP contribution in [0.5, 0.6) is 5.75 Å². The second-order valence-electron chi connectivity index (χ2n) is 6.90. The number of halogens is 2. The molecular formula is C22H20Cl2N2O2. The fourth-order valence-corrected chi connectivity index (χ4v) is 4.17. The molecule has 0 spiro atoms. The maximum absolute atomic E-state index is 12.8. The second kappa shape index (κ2) is 7.90. The van der Waals surface area contributed by atoms with Gasteiger partial charge in [-0.3, -0.25) is 4.79 Å². The number of amides is 1. The highest BCUT2D eigenvalue weighted by Gasteiger charge is 2.27. The number of carbonyl (C=O) groups excluding carboxylic acids is 1. The number of hydrogen-bond donors (Lipinski definition) is 1. The van der Waals surface area contributed by atoms with E-state index in [1.54, 1.807) is 23.1 Å². The molecule has 1 heterocycles. The third-order valence-electron chi connectivity index (χ3n) is 5.12. The minimum Gasteiger partial charge on any atom is -0.490 e. The molecule has 3 aromatic rings. The van der Waals surface area contributed by atoms with Crippen LogP contribution < -0.4 is 10.5 Å². The molecule has 1 aliphatic heterocycles. The van der Waals surface area contributed by atoms with Crippen molar-refractivity contribution in [3.63, 3.8) is 0 Å². The third-order valence-corrected chi connectivity index (χ3v) is 5.75. The van der Waals surface area contributed by atoms with Crippen molar-refractivity contribution < 1.29 is 9.53 Å². The molecule has 144 valence electrons. The van der Waals surface area contributed by atoms with Crippen LogP contribution in [0.4, 0.5) is 5.69 Å². The second-order valence-corrected chi connectivity index (χ2v) is 7.72. The Hall–Kier alpha value is -2.43. The van der Waals surface area contributed by atoms with E-state index in [0.29, 0.717) is 28.7 Å². The van der Waals surface area contributed by atoms with Crippen molar-refractivity contribution >= 4 is 45.6 Å². The molecule has 6 heteroatoms. The average molecular weight is 415 g/mol. The molecule has 4 rings (SSSR count). The van der Waals surface area contributed by atoms with Gasteiger partial charge in [0, 0.05) is 42.4 Å². The highest BCUT2D eigenvalue weighted by Crippen LogP contribution is 2.32. The molecule has 1 saturated heterocycles. The Morgan fingerprint density at radius 3 is 2.25 bits per heavy atom. The van der Waals surface area contributed by atoms with Gasteiger partial charge >= 0.3 is 0 Å². The number of piperidine rings is 1. The van der Waals surface area contributed by atoms with Crippen LogP contribution in [0.2, 0.25) is 10.0 Å². The molecule has 28 heavy (non-hydrogen) atoms. The first-order valence-electron chi connectivity index (χ1n) is 9.22. The lowest BCUT2D eigenvalue weighted by molar-refractivity contribution is 0.0598. The van der Waals surface area contributed by atoms with Crippen molar-refractivity contribution in [2.45, 2.75) is 18.9 Å². The number of benzene rings is 3. The Bertz CT molecular complexity index is 1010. The molecule has 3 aromatic carbocycles. The fraction of sp³-hybridized carbons (Fsp3) is 0.227. The summed E-state index contributed by atoms with van der Waals surface area (Å²) in [7, 11) is 0. The minimum absolute atomic E-state index is 0.0396. The molecule has 4 nitrogen and oxygen atoms in total. The highest BCUT2D eigenvalue weighted by molar-refractivity contribution is 6.39. The average Bonchev–Trinajstić information content (AvgIpc) is 2.71. The smallest absolute Gasteiger partial charge is 0.256 e. The molecule has 0 unspecified atom stereocenters. The van der Waals surface area contributed by atoms with Gasteiger partial charge in [-0.1, -0.05) is 53.5 Å². The van der Waals surface area contributed by atoms with Crippen molar-refractivity contribution in [3.8, 4) is 5.75 Å². The maximum atomic E-state index is 12.8. The first-order valence-corrected chi connectivity index (χ1v) is 9.97. The van der Waals surface area contributed by atoms with Crippen LogP contribution in [-0.2, 0) is 0 Å². The summed E-state index contributed by atoms with van der Waals surface area (Å²) in [6.07, 6.45) is 1.52. The quantitative estimate of drug-likeness (QED) is 0.582. The number of hydrogen-bond acceptors (Lipinski definition) is 3. The van der Waals surface area contributed by atoms with Gasteiger partial charge < -0.3 is 15.4 Å². The topological polar surface area (TPSA) is 55.6 Å². The number of ether oxygens (including phenoxy) is 1. The lowest BCUT2D eigenvalue weighted by Gasteiger charge is -2.32. The van der Waals surface area contributed by atoms with Gasteiger partial charge in [0.15, 0.2) is 0 Å². The zero-order valence-corrected chi connectivity index (χ0v) is 16.7. The van der Waals surface area contributed by atoms with Gasteiger partial charge in [0.05, 0.1) is 15.6 Å². The largest absolute Gasteiger partial charge is 0.490 e. The standard InChI is InChI=1S/C22H20Cl2N2O2/c23-17-6-3-7-18(24)21(17)22(27)26-12-10-14(11-13-26)28-20-9-8-19(25)15-4-1-2-5-16(15)20/h1-9,14H,10-13,25H2. The first-order chi connectivity index (χ1) is 13.5. The SMILES string of the molecule is Nc1ccc(OC2CCN(C(=O)c3c(Cl)cccc3Cl)CC2)c2ccccc12. The lowest BCUT2D eigenvalue weighted by atomic mass is 10.0. The van der Waals surface area contributed by atoms with Crippen LogP contribution in [-0.4, -0.2) is 30.0 Å². The maximum Gasteiger partial charge on any atom is 0.256 e. The van der Waals surface area contributed by atoms with Gasteiger partial charge in [-0.25, -0.2) is 0 Å². The van der Waals surface area contributed by atoms with Gasteiger partial charge in [0.2, 0.25) is 0 Å². The molecule has 0 aliphatic carbocycles. The third kappa shape index (κ3) is 3.62. The number of nitrogens with two attached hydrogens (primary N) is 1. The number of nitrogens with zero attached hydrogens (tertiary/aromatic N) is 1. The first kappa shape index (κ1) is 18.9. The molecule has 0 atom stereocenters. The van der Waals surface area contributed by atoms with Crippen molar-refractivity contribution in [2.75, 3.05) is 18.8 Å². The van der Waals surface area contributed by atoms with Crippen molar-refractivity contribution in [3.05, 3.63) is 70.2 Å². The van der Waals surface area contributed by atoms with E-state index in [4.69, 9.17) is 33.7 Å². The molecule has 2 N–H and O–H groups in total. The van der Waals surface area contributed by atoms with Gasteiger partial charge in [-0.05, 0) is 24.3 Å². The van der Waals surface area contributed by atoms with E-state index in [9.17, 15) is 4.79 Å². The van der Waals surface area contributed by atoms with Crippen LogP contribution in [0.1, 0.15) is 23.2 Å². The van der Waals surface area contributed by atoms with Crippen LogP contribution in [0.3, 0.4) is 0 Å². The summed E-state index contributed by atoms with van der Waals surface area (Å²) in [5, 5.41) is 2.75. The number of fused-ring (bicyclic) bond motifs is 1. The Balaban J connectivity index is 1.45. The van der Waals surface area contributed by atoms with E-state index in [1.807, 2.05) is 36.4 Å². The van der Waals surface area contributed by atoms with Crippen molar-refractivity contribution in [1.29, 1.82) is 0 Å². The highest BCUT2D eigenvalue weighted by atomic mass is 35.5. The van der Waals surface area contributed by atoms with Crippen LogP contribution in [0, 0.1) is 0 Å². The van der Waals surface area contributed by atoms with Gasteiger partial charge in [0.25, 0.3) is 5.91 Å². The van der Waals surface area contributed by atoms with Gasteiger partial charge in [0.1, 0.15) is 11.9 Å². The number of anilines is 1. The number of likely N-dealkylation sites (tertiary alicyclic amines) is 1. The van der Waals surface area contributed by atoms with Crippen LogP contribution in [0.25, 0.3) is 10.8 Å². The summed E-state index contributed by atoms with van der Waals surface area (Å²) in [5.41, 5.74) is 7.17. The van der Waals surface area contributed by atoms with E-state index in [-0.39, 0.29) is 12.0 Å². The summed E-state index contributed by atoms with van der Waals surface area (Å²) in [4.78, 5) is 14.6. The molecule has 1 amide bonds. The van der Waals surface area contributed by atoms with E-state index >= 15 is 0 Å². The number of carbonyl (C=O) groups is 1. The summed E-state index contributed by atoms with van der Waals surface area (Å²) >= 11 is 12.4. The van der Waals surface area contributed by atoms with E-state index in [2.05, 4.69) is 0 Å². The normalized spacial score (nSPS) is 15.0. The van der Waals surface area contributed by atoms with E-state index in [0.717, 1.165) is 35.1 Å². The molecule has 1 aliphatic rings. The molecular weight excluding hydrogens is 395 g/mol. The van der Waals surface area contributed by atoms with Crippen LogP contribution >= 0.6 is 23.2 Å². The van der Waals surface area contributed by atoms with Gasteiger partial charge in [-0.15, -0.1) is 0 Å². The zero-order chi connectivity index (χ0) is 19.7. The summed E-state index contributed by atoms with van der Waals surface area (Å²) in [6.45, 7) is 1.19. The lowest BCUT2D eigenvalue weighted by Crippen LogP contribution is -2.42. The Labute approximate surface area is 173 Å².